The summed E-state index contributed by atoms with van der Waals surface area (Å²) < 4.78 is 0. The van der Waals surface area contributed by atoms with Gasteiger partial charge < -0.3 is 10.4 Å². The average Bonchev–Trinajstić information content (AvgIpc) is 1.90. The smallest absolute Gasteiger partial charge is 0.0661 e. The number of allylic oxidation sites excluding steroid dienone is 3. The molecule has 2 N–H and O–H groups in total. The highest BCUT2D eigenvalue weighted by Gasteiger charge is 1.98. The minimum atomic E-state index is 0.163. The third kappa shape index (κ3) is 1.57. The van der Waals surface area contributed by atoms with Crippen molar-refractivity contribution in [1.82, 2.24) is 5.32 Å². The van der Waals surface area contributed by atoms with Crippen LogP contribution in [0.3, 0.4) is 0 Å². The van der Waals surface area contributed by atoms with Crippen LogP contribution in [0.15, 0.2) is 23.4 Å². The first-order chi connectivity index (χ1) is 4.33. The van der Waals surface area contributed by atoms with E-state index in [1.54, 1.807) is 0 Å². The molecule has 0 aromatic carbocycles. The van der Waals surface area contributed by atoms with Crippen LogP contribution in [-0.2, 0) is 0 Å². The SMILES string of the molecule is CC1=CC=C(CO)CN1. The summed E-state index contributed by atoms with van der Waals surface area (Å²) in [6.07, 6.45) is 3.92. The monoisotopic (exact) mass is 125 g/mol. The standard InChI is InChI=1S/C7H11NO/c1-6-2-3-7(5-9)4-8-6/h2-3,8-9H,4-5H2,1H3. The van der Waals surface area contributed by atoms with E-state index in [0.717, 1.165) is 17.8 Å². The Bertz CT molecular complexity index is 158. The van der Waals surface area contributed by atoms with E-state index in [2.05, 4.69) is 5.32 Å². The number of nitrogens with one attached hydrogen (secondary N) is 1. The second kappa shape index (κ2) is 2.69. The van der Waals surface area contributed by atoms with E-state index >= 15 is 0 Å². The molecule has 1 aliphatic rings. The van der Waals surface area contributed by atoms with Crippen molar-refractivity contribution in [2.24, 2.45) is 0 Å². The molecule has 0 aromatic rings. The van der Waals surface area contributed by atoms with Gasteiger partial charge in [-0.1, -0.05) is 6.08 Å². The van der Waals surface area contributed by atoms with Gasteiger partial charge in [0.05, 0.1) is 6.61 Å². The molecule has 0 atom stereocenters. The van der Waals surface area contributed by atoms with Gasteiger partial charge in [0.15, 0.2) is 0 Å². The van der Waals surface area contributed by atoms with Gasteiger partial charge in [-0.05, 0) is 18.6 Å². The summed E-state index contributed by atoms with van der Waals surface area (Å²) in [4.78, 5) is 0. The van der Waals surface area contributed by atoms with Gasteiger partial charge in [0.2, 0.25) is 0 Å². The molecule has 0 spiro atoms. The molecular formula is C7H11NO. The van der Waals surface area contributed by atoms with Gasteiger partial charge in [-0.25, -0.2) is 0 Å². The summed E-state index contributed by atoms with van der Waals surface area (Å²) in [7, 11) is 0. The lowest BCUT2D eigenvalue weighted by Crippen LogP contribution is -2.19. The minimum Gasteiger partial charge on any atom is -0.392 e. The lowest BCUT2D eigenvalue weighted by atomic mass is 10.2. The highest BCUT2D eigenvalue weighted by atomic mass is 16.3. The molecule has 50 valence electrons. The van der Waals surface area contributed by atoms with Gasteiger partial charge in [0.1, 0.15) is 0 Å². The van der Waals surface area contributed by atoms with Gasteiger partial charge in [-0.3, -0.25) is 0 Å². The van der Waals surface area contributed by atoms with Crippen LogP contribution in [0.25, 0.3) is 0 Å². The topological polar surface area (TPSA) is 32.3 Å². The maximum absolute atomic E-state index is 8.64. The molecule has 0 radical (unpaired) electrons. The number of aliphatic hydroxyl groups excluding tert-OH is 1. The fraction of sp³-hybridized carbons (Fsp3) is 0.429. The minimum absolute atomic E-state index is 0.163. The van der Waals surface area contributed by atoms with E-state index in [9.17, 15) is 0 Å². The van der Waals surface area contributed by atoms with Crippen LogP contribution in [0.2, 0.25) is 0 Å². The number of hydrogen-bond donors (Lipinski definition) is 2. The predicted octanol–water partition coefficient (Wildman–Crippen LogP) is 0.412. The molecule has 0 aliphatic carbocycles. The summed E-state index contributed by atoms with van der Waals surface area (Å²) in [6, 6.07) is 0. The zero-order valence-corrected chi connectivity index (χ0v) is 5.52. The molecular weight excluding hydrogens is 114 g/mol. The first-order valence-corrected chi connectivity index (χ1v) is 3.04. The Labute approximate surface area is 54.9 Å². The second-order valence-electron chi connectivity index (χ2n) is 2.19. The van der Waals surface area contributed by atoms with Crippen LogP contribution in [0, 0.1) is 0 Å². The molecule has 1 rings (SSSR count). The van der Waals surface area contributed by atoms with Crippen molar-refractivity contribution in [2.75, 3.05) is 13.2 Å². The van der Waals surface area contributed by atoms with Crippen LogP contribution in [0.5, 0.6) is 0 Å². The van der Waals surface area contributed by atoms with E-state index in [0.29, 0.717) is 0 Å². The first kappa shape index (κ1) is 6.36. The van der Waals surface area contributed by atoms with Gasteiger partial charge in [-0.15, -0.1) is 0 Å². The third-order valence-electron chi connectivity index (χ3n) is 1.37. The summed E-state index contributed by atoms with van der Waals surface area (Å²) in [5.41, 5.74) is 2.20. The van der Waals surface area contributed by atoms with Gasteiger partial charge in [0.25, 0.3) is 0 Å². The average molecular weight is 125 g/mol. The van der Waals surface area contributed by atoms with Crippen molar-refractivity contribution in [3.8, 4) is 0 Å². The molecule has 1 heterocycles. The van der Waals surface area contributed by atoms with Crippen LogP contribution in [0.4, 0.5) is 0 Å². The first-order valence-electron chi connectivity index (χ1n) is 3.04. The molecule has 2 heteroatoms. The predicted molar refractivity (Wildman–Crippen MR) is 36.9 cm³/mol. The Kier molecular flexibility index (Phi) is 1.90. The molecule has 0 unspecified atom stereocenters. The highest BCUT2D eigenvalue weighted by molar-refractivity contribution is 5.22. The molecule has 0 amide bonds. The second-order valence-corrected chi connectivity index (χ2v) is 2.19. The molecule has 0 fully saturated rings. The Balaban J connectivity index is 2.59. The molecule has 0 aromatic heterocycles. The lowest BCUT2D eigenvalue weighted by molar-refractivity contribution is 0.327. The van der Waals surface area contributed by atoms with Gasteiger partial charge in [-0.2, -0.15) is 0 Å². The number of dihydropyridines is 1. The van der Waals surface area contributed by atoms with Crippen molar-refractivity contribution in [1.29, 1.82) is 0 Å². The molecule has 0 bridgehead atoms. The Morgan fingerprint density at radius 1 is 1.67 bits per heavy atom. The molecule has 9 heavy (non-hydrogen) atoms. The summed E-state index contributed by atoms with van der Waals surface area (Å²) >= 11 is 0. The van der Waals surface area contributed by atoms with Crippen LogP contribution in [0.1, 0.15) is 6.92 Å². The van der Waals surface area contributed by atoms with Crippen molar-refractivity contribution < 1.29 is 5.11 Å². The van der Waals surface area contributed by atoms with Crippen molar-refractivity contribution in [3.63, 3.8) is 0 Å². The number of hydrogen-bond acceptors (Lipinski definition) is 2. The molecule has 0 saturated heterocycles. The van der Waals surface area contributed by atoms with Crippen LogP contribution >= 0.6 is 0 Å². The van der Waals surface area contributed by atoms with Gasteiger partial charge >= 0.3 is 0 Å². The van der Waals surface area contributed by atoms with E-state index in [1.165, 1.54) is 0 Å². The van der Waals surface area contributed by atoms with E-state index < -0.39 is 0 Å². The quantitative estimate of drug-likeness (QED) is 0.532. The normalized spacial score (nSPS) is 18.0. The summed E-state index contributed by atoms with van der Waals surface area (Å²) in [6.45, 7) is 2.96. The number of aliphatic hydroxyl groups is 1. The van der Waals surface area contributed by atoms with Gasteiger partial charge in [0, 0.05) is 12.2 Å². The Morgan fingerprint density at radius 3 is 2.89 bits per heavy atom. The van der Waals surface area contributed by atoms with E-state index in [-0.39, 0.29) is 6.61 Å². The number of rotatable bonds is 1. The van der Waals surface area contributed by atoms with Crippen molar-refractivity contribution in [3.05, 3.63) is 23.4 Å². The zero-order valence-electron chi connectivity index (χ0n) is 5.52. The Morgan fingerprint density at radius 2 is 2.44 bits per heavy atom. The molecule has 0 saturated carbocycles. The molecule has 2 nitrogen and oxygen atoms in total. The summed E-state index contributed by atoms with van der Waals surface area (Å²) in [5, 5.41) is 11.8. The van der Waals surface area contributed by atoms with Crippen LogP contribution < -0.4 is 5.32 Å². The van der Waals surface area contributed by atoms with Crippen LogP contribution in [-0.4, -0.2) is 18.3 Å². The Hall–Kier alpha value is -0.760. The zero-order chi connectivity index (χ0) is 6.69. The van der Waals surface area contributed by atoms with E-state index in [4.69, 9.17) is 5.11 Å². The highest BCUT2D eigenvalue weighted by Crippen LogP contribution is 2.00. The fourth-order valence-electron chi connectivity index (χ4n) is 0.722. The lowest BCUT2D eigenvalue weighted by Gasteiger charge is -2.11. The molecule has 1 aliphatic heterocycles. The fourth-order valence-corrected chi connectivity index (χ4v) is 0.722. The largest absolute Gasteiger partial charge is 0.392 e. The van der Waals surface area contributed by atoms with E-state index in [1.807, 2.05) is 19.1 Å². The third-order valence-corrected chi connectivity index (χ3v) is 1.37. The summed E-state index contributed by atoms with van der Waals surface area (Å²) in [5.74, 6) is 0. The van der Waals surface area contributed by atoms with Crippen molar-refractivity contribution in [2.45, 2.75) is 6.92 Å². The van der Waals surface area contributed by atoms with Crippen molar-refractivity contribution >= 4 is 0 Å². The maximum Gasteiger partial charge on any atom is 0.0661 e. The maximum atomic E-state index is 8.64.